The van der Waals surface area contributed by atoms with Gasteiger partial charge in [0.15, 0.2) is 0 Å². The van der Waals surface area contributed by atoms with Gasteiger partial charge in [-0.05, 0) is 24.8 Å². The van der Waals surface area contributed by atoms with Gasteiger partial charge in [0.2, 0.25) is 5.92 Å². The normalized spacial score (nSPS) is 27.9. The molecule has 1 aliphatic carbocycles. The quantitative estimate of drug-likeness (QED) is 0.827. The van der Waals surface area contributed by atoms with Gasteiger partial charge in [-0.3, -0.25) is 0 Å². The fraction of sp³-hybridized carbons (Fsp3) is 0.600. The Morgan fingerprint density at radius 2 is 1.92 bits per heavy atom. The van der Waals surface area contributed by atoms with Crippen molar-refractivity contribution in [1.82, 2.24) is 9.78 Å². The number of hydrogen-bond donors (Lipinski definition) is 2. The van der Waals surface area contributed by atoms with Crippen LogP contribution in [0.4, 0.5) is 17.6 Å². The van der Waals surface area contributed by atoms with Gasteiger partial charge in [0, 0.05) is 37.2 Å². The van der Waals surface area contributed by atoms with Crippen LogP contribution >= 0.6 is 0 Å². The van der Waals surface area contributed by atoms with Crippen LogP contribution < -0.4 is 11.5 Å². The van der Waals surface area contributed by atoms with Gasteiger partial charge in [0.05, 0.1) is 11.2 Å². The van der Waals surface area contributed by atoms with E-state index < -0.39 is 18.0 Å². The third kappa shape index (κ3) is 3.04. The van der Waals surface area contributed by atoms with E-state index >= 15 is 0 Å². The Kier molecular flexibility index (Phi) is 4.15. The van der Waals surface area contributed by atoms with E-state index in [2.05, 4.69) is 10.1 Å². The molecule has 4 N–H and O–H groups in total. The molecule has 0 spiro atoms. The smallest absolute Gasteiger partial charge is 0.333 e. The maximum Gasteiger partial charge on any atom is 0.333 e. The van der Waals surface area contributed by atoms with Crippen LogP contribution in [-0.2, 0) is 0 Å². The van der Waals surface area contributed by atoms with E-state index in [0.29, 0.717) is 16.1 Å². The fourth-order valence-corrected chi connectivity index (χ4v) is 3.52. The van der Waals surface area contributed by atoms with Crippen LogP contribution in [0.1, 0.15) is 44.3 Å². The molecule has 1 unspecified atom stereocenters. The average molecular weight is 345 g/mol. The number of nitrogens with zero attached hydrogens (tertiary/aromatic N) is 3. The molecule has 0 amide bonds. The van der Waals surface area contributed by atoms with E-state index in [4.69, 9.17) is 11.5 Å². The molecule has 9 heteroatoms. The van der Waals surface area contributed by atoms with Crippen LogP contribution in [0.15, 0.2) is 23.5 Å². The summed E-state index contributed by atoms with van der Waals surface area (Å²) in [4.78, 5) is 4.03. The molecule has 5 nitrogen and oxygen atoms in total. The lowest BCUT2D eigenvalue weighted by molar-refractivity contribution is -0.0510. The van der Waals surface area contributed by atoms with Crippen molar-refractivity contribution in [1.29, 1.82) is 0 Å². The summed E-state index contributed by atoms with van der Waals surface area (Å²) in [6.07, 6.45) is 2.75. The maximum atomic E-state index is 13.5. The van der Waals surface area contributed by atoms with Crippen molar-refractivity contribution in [2.24, 2.45) is 22.4 Å². The lowest BCUT2D eigenvalue weighted by Gasteiger charge is -2.43. The van der Waals surface area contributed by atoms with Gasteiger partial charge in [-0.2, -0.15) is 13.9 Å². The number of nitrogens with two attached hydrogens (primary N) is 2. The summed E-state index contributed by atoms with van der Waals surface area (Å²) in [6.45, 7) is -2.77. The maximum absolute atomic E-state index is 13.5. The average Bonchev–Trinajstić information content (AvgIpc) is 2.96. The molecule has 1 aromatic rings. The van der Waals surface area contributed by atoms with Crippen LogP contribution in [0.25, 0.3) is 5.57 Å². The molecule has 2 heterocycles. The number of rotatable bonds is 3. The van der Waals surface area contributed by atoms with E-state index in [1.165, 1.54) is 12.3 Å². The van der Waals surface area contributed by atoms with E-state index in [1.807, 2.05) is 0 Å². The molecule has 2 aliphatic rings. The third-order valence-electron chi connectivity index (χ3n) is 4.86. The molecular weight excluding hydrogens is 326 g/mol. The Morgan fingerprint density at radius 3 is 2.50 bits per heavy atom. The van der Waals surface area contributed by atoms with Crippen LogP contribution in [-0.4, -0.2) is 27.1 Å². The molecule has 1 saturated carbocycles. The van der Waals surface area contributed by atoms with Crippen molar-refractivity contribution in [2.45, 2.75) is 50.1 Å². The van der Waals surface area contributed by atoms with Gasteiger partial charge >= 0.3 is 6.55 Å². The van der Waals surface area contributed by atoms with Gasteiger partial charge in [0.25, 0.3) is 0 Å². The van der Waals surface area contributed by atoms with E-state index in [-0.39, 0.29) is 43.7 Å². The minimum Gasteiger partial charge on any atom is -0.387 e. The summed E-state index contributed by atoms with van der Waals surface area (Å²) in [5.41, 5.74) is 12.1. The summed E-state index contributed by atoms with van der Waals surface area (Å²) in [5, 5.41) is 3.84. The molecule has 132 valence electrons. The number of aromatic nitrogens is 2. The number of amidine groups is 1. The Balaban J connectivity index is 1.92. The first kappa shape index (κ1) is 16.9. The SMILES string of the molecule is NC1=NC=C(c2ccn(C(F)F)n2)C(N)(C2CCC(F)(F)CC2)C1. The highest BCUT2D eigenvalue weighted by molar-refractivity contribution is 5.90. The van der Waals surface area contributed by atoms with Gasteiger partial charge in [-0.25, -0.2) is 18.5 Å². The van der Waals surface area contributed by atoms with Crippen molar-refractivity contribution < 1.29 is 17.6 Å². The molecule has 24 heavy (non-hydrogen) atoms. The highest BCUT2D eigenvalue weighted by Gasteiger charge is 2.47. The van der Waals surface area contributed by atoms with E-state index in [1.54, 1.807) is 0 Å². The Hall–Kier alpha value is -1.90. The predicted molar refractivity (Wildman–Crippen MR) is 81.5 cm³/mol. The molecule has 0 bridgehead atoms. The summed E-state index contributed by atoms with van der Waals surface area (Å²) in [7, 11) is 0. The van der Waals surface area contributed by atoms with E-state index in [9.17, 15) is 17.6 Å². The Bertz CT molecular complexity index is 671. The van der Waals surface area contributed by atoms with Crippen LogP contribution in [0.2, 0.25) is 0 Å². The molecule has 1 aromatic heterocycles. The van der Waals surface area contributed by atoms with Crippen molar-refractivity contribution in [3.63, 3.8) is 0 Å². The number of hydrogen-bond acceptors (Lipinski definition) is 4. The molecular formula is C15H19F4N5. The van der Waals surface area contributed by atoms with Gasteiger partial charge in [0.1, 0.15) is 5.84 Å². The zero-order chi connectivity index (χ0) is 17.5. The molecule has 0 radical (unpaired) electrons. The second-order valence-corrected chi connectivity index (χ2v) is 6.47. The van der Waals surface area contributed by atoms with Gasteiger partial charge < -0.3 is 11.5 Å². The largest absolute Gasteiger partial charge is 0.387 e. The van der Waals surface area contributed by atoms with Crippen LogP contribution in [0, 0.1) is 5.92 Å². The Labute approximate surface area is 136 Å². The van der Waals surface area contributed by atoms with Crippen molar-refractivity contribution in [3.8, 4) is 0 Å². The number of aliphatic imine (C=N–C) groups is 1. The topological polar surface area (TPSA) is 82.2 Å². The molecule has 0 aromatic carbocycles. The lowest BCUT2D eigenvalue weighted by Crippen LogP contribution is -2.53. The predicted octanol–water partition coefficient (Wildman–Crippen LogP) is 2.90. The number of halogens is 4. The standard InChI is InChI=1S/C15H19F4N5/c16-13(17)24-6-3-11(23-24)10-8-22-12(20)7-15(10,21)9-1-4-14(18,19)5-2-9/h3,6,8-9,13H,1-2,4-5,7,21H2,(H2,20,22). The van der Waals surface area contributed by atoms with Gasteiger partial charge in [-0.1, -0.05) is 0 Å². The highest BCUT2D eigenvalue weighted by atomic mass is 19.3. The minimum absolute atomic E-state index is 0.191. The van der Waals surface area contributed by atoms with Crippen molar-refractivity contribution in [3.05, 3.63) is 24.2 Å². The summed E-state index contributed by atoms with van der Waals surface area (Å²) in [5.74, 6) is -2.62. The zero-order valence-electron chi connectivity index (χ0n) is 12.9. The first-order chi connectivity index (χ1) is 11.2. The Morgan fingerprint density at radius 1 is 1.25 bits per heavy atom. The second-order valence-electron chi connectivity index (χ2n) is 6.47. The summed E-state index contributed by atoms with van der Waals surface area (Å²) in [6, 6.07) is 1.42. The highest BCUT2D eigenvalue weighted by Crippen LogP contribution is 2.46. The molecule has 0 saturated heterocycles. The van der Waals surface area contributed by atoms with E-state index in [0.717, 1.165) is 6.20 Å². The number of alkyl halides is 4. The fourth-order valence-electron chi connectivity index (χ4n) is 3.52. The molecule has 1 aliphatic heterocycles. The van der Waals surface area contributed by atoms with Crippen LogP contribution in [0.5, 0.6) is 0 Å². The van der Waals surface area contributed by atoms with Crippen molar-refractivity contribution in [2.75, 3.05) is 0 Å². The van der Waals surface area contributed by atoms with Gasteiger partial charge in [-0.15, -0.1) is 0 Å². The molecule has 1 atom stereocenters. The van der Waals surface area contributed by atoms with Crippen molar-refractivity contribution >= 4 is 11.4 Å². The minimum atomic E-state index is -2.77. The zero-order valence-corrected chi connectivity index (χ0v) is 12.9. The third-order valence-corrected chi connectivity index (χ3v) is 4.86. The lowest BCUT2D eigenvalue weighted by atomic mass is 9.67. The second kappa shape index (κ2) is 5.87. The van der Waals surface area contributed by atoms with Crippen LogP contribution in [0.3, 0.4) is 0 Å². The monoisotopic (exact) mass is 345 g/mol. The molecule has 3 rings (SSSR count). The molecule has 1 fully saturated rings. The first-order valence-corrected chi connectivity index (χ1v) is 7.74. The summed E-state index contributed by atoms with van der Waals surface area (Å²) < 4.78 is 53.0. The first-order valence-electron chi connectivity index (χ1n) is 7.74. The summed E-state index contributed by atoms with van der Waals surface area (Å²) >= 11 is 0.